The Morgan fingerprint density at radius 2 is 1.63 bits per heavy atom. The SMILES string of the molecule is CCCOc1ccc(C(C)(C)c2cc(Cl)c(OC[C@H](CCl)OC(C)=O)c(Cl)c2)cc1. The maximum Gasteiger partial charge on any atom is 0.303 e. The molecule has 164 valence electrons. The number of alkyl halides is 1. The third-order valence-corrected chi connectivity index (χ3v) is 5.59. The Hall–Kier alpha value is -1.62. The van der Waals surface area contributed by atoms with Crippen LogP contribution in [-0.2, 0) is 14.9 Å². The molecule has 0 aliphatic carbocycles. The van der Waals surface area contributed by atoms with Crippen LogP contribution in [0.1, 0.15) is 45.2 Å². The second kappa shape index (κ2) is 11.1. The Labute approximate surface area is 193 Å². The number of halogens is 3. The van der Waals surface area contributed by atoms with Crippen molar-refractivity contribution < 1.29 is 19.0 Å². The quantitative estimate of drug-likeness (QED) is 0.286. The molecule has 4 nitrogen and oxygen atoms in total. The Morgan fingerprint density at radius 3 is 2.13 bits per heavy atom. The van der Waals surface area contributed by atoms with Crippen LogP contribution in [0.3, 0.4) is 0 Å². The number of hydrogen-bond acceptors (Lipinski definition) is 4. The van der Waals surface area contributed by atoms with E-state index in [4.69, 9.17) is 49.0 Å². The van der Waals surface area contributed by atoms with Gasteiger partial charge in [0.15, 0.2) is 5.75 Å². The number of rotatable bonds is 10. The van der Waals surface area contributed by atoms with Crippen molar-refractivity contribution in [1.29, 1.82) is 0 Å². The van der Waals surface area contributed by atoms with Gasteiger partial charge in [-0.15, -0.1) is 11.6 Å². The summed E-state index contributed by atoms with van der Waals surface area (Å²) < 4.78 is 16.4. The van der Waals surface area contributed by atoms with Crippen LogP contribution in [0.5, 0.6) is 11.5 Å². The molecular formula is C23H27Cl3O4. The molecule has 0 fully saturated rings. The molecule has 0 N–H and O–H groups in total. The van der Waals surface area contributed by atoms with E-state index in [0.29, 0.717) is 22.4 Å². The first-order chi connectivity index (χ1) is 14.2. The number of hydrogen-bond donors (Lipinski definition) is 0. The molecule has 2 aromatic carbocycles. The van der Waals surface area contributed by atoms with E-state index in [0.717, 1.165) is 23.3 Å². The van der Waals surface area contributed by atoms with Gasteiger partial charge < -0.3 is 14.2 Å². The van der Waals surface area contributed by atoms with Crippen LogP contribution in [0, 0.1) is 0 Å². The van der Waals surface area contributed by atoms with E-state index in [1.807, 2.05) is 36.4 Å². The smallest absolute Gasteiger partial charge is 0.303 e. The second-order valence-corrected chi connectivity index (χ2v) is 8.59. The lowest BCUT2D eigenvalue weighted by Crippen LogP contribution is -2.26. The lowest BCUT2D eigenvalue weighted by atomic mass is 9.78. The summed E-state index contributed by atoms with van der Waals surface area (Å²) in [6.07, 6.45) is 0.381. The highest BCUT2D eigenvalue weighted by atomic mass is 35.5. The van der Waals surface area contributed by atoms with Gasteiger partial charge in [0.25, 0.3) is 0 Å². The van der Waals surface area contributed by atoms with Crippen molar-refractivity contribution >= 4 is 40.8 Å². The molecule has 0 radical (unpaired) electrons. The molecule has 0 aliphatic rings. The molecular weight excluding hydrogens is 447 g/mol. The van der Waals surface area contributed by atoms with E-state index in [2.05, 4.69) is 20.8 Å². The van der Waals surface area contributed by atoms with Crippen molar-refractivity contribution in [3.8, 4) is 11.5 Å². The first kappa shape index (κ1) is 24.6. The number of esters is 1. The third-order valence-electron chi connectivity index (χ3n) is 4.69. The highest BCUT2D eigenvalue weighted by molar-refractivity contribution is 6.37. The van der Waals surface area contributed by atoms with E-state index in [-0.39, 0.29) is 17.9 Å². The van der Waals surface area contributed by atoms with Crippen LogP contribution in [0.15, 0.2) is 36.4 Å². The standard InChI is InChI=1S/C23H27Cl3O4/c1-5-10-28-18-8-6-16(7-9-18)23(3,4)17-11-20(25)22(21(26)12-17)29-14-19(13-24)30-15(2)27/h6-9,11-12,19H,5,10,13-14H2,1-4H3/t19-/m0/s1. The number of carbonyl (C=O) groups is 1. The van der Waals surface area contributed by atoms with Crippen molar-refractivity contribution in [2.45, 2.75) is 45.6 Å². The fourth-order valence-electron chi connectivity index (χ4n) is 2.93. The van der Waals surface area contributed by atoms with Crippen molar-refractivity contribution in [2.24, 2.45) is 0 Å². The molecule has 0 saturated heterocycles. The topological polar surface area (TPSA) is 44.8 Å². The van der Waals surface area contributed by atoms with Crippen LogP contribution in [-0.4, -0.2) is 31.2 Å². The molecule has 0 bridgehead atoms. The Balaban J connectivity index is 2.20. The largest absolute Gasteiger partial charge is 0.494 e. The molecule has 0 saturated carbocycles. The van der Waals surface area contributed by atoms with Gasteiger partial charge in [0.2, 0.25) is 0 Å². The van der Waals surface area contributed by atoms with Gasteiger partial charge >= 0.3 is 5.97 Å². The molecule has 0 spiro atoms. The van der Waals surface area contributed by atoms with E-state index in [9.17, 15) is 4.79 Å². The first-order valence-corrected chi connectivity index (χ1v) is 11.1. The van der Waals surface area contributed by atoms with Crippen molar-refractivity contribution in [2.75, 3.05) is 19.1 Å². The summed E-state index contributed by atoms with van der Waals surface area (Å²) in [7, 11) is 0. The molecule has 2 rings (SSSR count). The first-order valence-electron chi connectivity index (χ1n) is 9.77. The van der Waals surface area contributed by atoms with Gasteiger partial charge in [-0.2, -0.15) is 0 Å². The van der Waals surface area contributed by atoms with Crippen LogP contribution in [0.25, 0.3) is 0 Å². The number of benzene rings is 2. The minimum atomic E-state index is -0.583. The van der Waals surface area contributed by atoms with Crippen LogP contribution < -0.4 is 9.47 Å². The summed E-state index contributed by atoms with van der Waals surface area (Å²) in [5.74, 6) is 0.865. The zero-order chi connectivity index (χ0) is 22.3. The highest BCUT2D eigenvalue weighted by Crippen LogP contribution is 2.40. The average molecular weight is 474 g/mol. The molecule has 0 unspecified atom stereocenters. The summed E-state index contributed by atoms with van der Waals surface area (Å²) in [5, 5.41) is 0.759. The molecule has 30 heavy (non-hydrogen) atoms. The molecule has 7 heteroatoms. The summed E-state index contributed by atoms with van der Waals surface area (Å²) in [4.78, 5) is 11.1. The Kier molecular flexibility index (Phi) is 9.14. The summed E-state index contributed by atoms with van der Waals surface area (Å²) in [6, 6.07) is 11.7. The number of ether oxygens (including phenoxy) is 3. The van der Waals surface area contributed by atoms with Gasteiger partial charge in [-0.3, -0.25) is 4.79 Å². The molecule has 2 aromatic rings. The average Bonchev–Trinajstić information content (AvgIpc) is 2.70. The van der Waals surface area contributed by atoms with Gasteiger partial charge in [0, 0.05) is 12.3 Å². The van der Waals surface area contributed by atoms with Crippen molar-refractivity contribution in [3.63, 3.8) is 0 Å². The van der Waals surface area contributed by atoms with Crippen LogP contribution in [0.4, 0.5) is 0 Å². The lowest BCUT2D eigenvalue weighted by Gasteiger charge is -2.27. The van der Waals surface area contributed by atoms with Gasteiger partial charge in [0.05, 0.1) is 22.5 Å². The van der Waals surface area contributed by atoms with E-state index >= 15 is 0 Å². The van der Waals surface area contributed by atoms with Gasteiger partial charge in [0.1, 0.15) is 18.5 Å². The summed E-state index contributed by atoms with van der Waals surface area (Å²) in [6.45, 7) is 8.34. The zero-order valence-electron chi connectivity index (χ0n) is 17.6. The molecule has 0 aromatic heterocycles. The fraction of sp³-hybridized carbons (Fsp3) is 0.435. The minimum absolute atomic E-state index is 0.0600. The van der Waals surface area contributed by atoms with E-state index in [1.165, 1.54) is 6.92 Å². The van der Waals surface area contributed by atoms with Crippen molar-refractivity contribution in [1.82, 2.24) is 0 Å². The number of carbonyl (C=O) groups excluding carboxylic acids is 1. The van der Waals surface area contributed by atoms with Gasteiger partial charge in [-0.05, 0) is 41.8 Å². The molecule has 0 amide bonds. The Morgan fingerprint density at radius 1 is 1.03 bits per heavy atom. The second-order valence-electron chi connectivity index (χ2n) is 7.46. The van der Waals surface area contributed by atoms with Crippen molar-refractivity contribution in [3.05, 3.63) is 57.6 Å². The molecule has 0 aliphatic heterocycles. The maximum absolute atomic E-state index is 11.1. The van der Waals surface area contributed by atoms with Crippen LogP contribution in [0.2, 0.25) is 10.0 Å². The van der Waals surface area contributed by atoms with E-state index in [1.54, 1.807) is 0 Å². The third kappa shape index (κ3) is 6.44. The zero-order valence-corrected chi connectivity index (χ0v) is 19.9. The molecule has 1 atom stereocenters. The predicted octanol–water partition coefficient (Wildman–Crippen LogP) is 6.66. The maximum atomic E-state index is 11.1. The monoisotopic (exact) mass is 472 g/mol. The summed E-state index contributed by atoms with van der Waals surface area (Å²) >= 11 is 18.8. The minimum Gasteiger partial charge on any atom is -0.494 e. The van der Waals surface area contributed by atoms with Gasteiger partial charge in [-0.25, -0.2) is 0 Å². The molecule has 0 heterocycles. The Bertz CT molecular complexity index is 827. The van der Waals surface area contributed by atoms with Crippen LogP contribution >= 0.6 is 34.8 Å². The lowest BCUT2D eigenvalue weighted by molar-refractivity contribution is -0.146. The highest BCUT2D eigenvalue weighted by Gasteiger charge is 2.26. The van der Waals surface area contributed by atoms with E-state index < -0.39 is 12.1 Å². The van der Waals surface area contributed by atoms with Gasteiger partial charge in [-0.1, -0.05) is 56.1 Å². The predicted molar refractivity (Wildman–Crippen MR) is 123 cm³/mol. The fourth-order valence-corrected chi connectivity index (χ4v) is 3.68. The summed E-state index contributed by atoms with van der Waals surface area (Å²) in [5.41, 5.74) is 1.70. The normalized spacial score (nSPS) is 12.4.